The van der Waals surface area contributed by atoms with Gasteiger partial charge in [-0.15, -0.1) is 19.7 Å². The smallest absolute Gasteiger partial charge is 0.425 e. The van der Waals surface area contributed by atoms with Gasteiger partial charge in [0.1, 0.15) is 0 Å². The molecule has 1 aromatic heterocycles. The van der Waals surface area contributed by atoms with E-state index in [0.29, 0.717) is 18.5 Å². The Morgan fingerprint density at radius 3 is 2.56 bits per heavy atom. The molecule has 1 aromatic rings. The van der Waals surface area contributed by atoms with E-state index in [9.17, 15) is 17.6 Å². The van der Waals surface area contributed by atoms with Crippen LogP contribution in [0, 0.1) is 5.82 Å². The Hall–Kier alpha value is -2.39. The molecular weight excluding hydrogens is 340 g/mol. The van der Waals surface area contributed by atoms with Gasteiger partial charge in [0.2, 0.25) is 0 Å². The highest BCUT2D eigenvalue weighted by Gasteiger charge is 2.38. The van der Waals surface area contributed by atoms with Gasteiger partial charge in [0.05, 0.1) is 6.54 Å². The zero-order valence-corrected chi connectivity index (χ0v) is 13.9. The fraction of sp³-hybridized carbons (Fsp3) is 0.312. The number of hydrogen-bond donors (Lipinski definition) is 2. The van der Waals surface area contributed by atoms with E-state index >= 15 is 0 Å². The Labute approximate surface area is 144 Å². The van der Waals surface area contributed by atoms with Crippen molar-refractivity contribution in [1.82, 2.24) is 15.5 Å². The van der Waals surface area contributed by atoms with Crippen molar-refractivity contribution in [3.05, 3.63) is 61.7 Å². The van der Waals surface area contributed by atoms with E-state index in [-0.39, 0.29) is 0 Å². The van der Waals surface area contributed by atoms with Crippen molar-refractivity contribution in [1.29, 1.82) is 0 Å². The molecule has 0 spiro atoms. The average molecular weight is 362 g/mol. The molecule has 140 valence electrons. The minimum Gasteiger partial charge on any atom is -0.463 e. The lowest BCUT2D eigenvalue weighted by atomic mass is 10.2. The van der Waals surface area contributed by atoms with Gasteiger partial charge in [-0.25, -0.2) is 9.37 Å². The van der Waals surface area contributed by atoms with Crippen molar-refractivity contribution in [2.45, 2.75) is 25.6 Å². The fourth-order valence-corrected chi connectivity index (χ4v) is 1.51. The maximum Gasteiger partial charge on any atom is 0.425 e. The molecule has 0 amide bonds. The van der Waals surface area contributed by atoms with Crippen LogP contribution in [-0.2, 0) is 6.42 Å². The quantitative estimate of drug-likeness (QED) is 0.322. The number of nitrogens with zero attached hydrogens (tertiary/aromatic N) is 2. The molecule has 25 heavy (non-hydrogen) atoms. The van der Waals surface area contributed by atoms with Gasteiger partial charge >= 0.3 is 6.18 Å². The molecule has 0 aliphatic heterocycles. The molecule has 1 heterocycles. The second-order valence-electron chi connectivity index (χ2n) is 4.59. The first-order valence-corrected chi connectivity index (χ1v) is 7.16. The number of aromatic nitrogens is 1. The van der Waals surface area contributed by atoms with Crippen LogP contribution in [0.15, 0.2) is 50.4 Å². The first-order valence-electron chi connectivity index (χ1n) is 7.16. The summed E-state index contributed by atoms with van der Waals surface area (Å²) >= 11 is 0. The summed E-state index contributed by atoms with van der Waals surface area (Å²) in [4.78, 5) is 3.58. The minimum atomic E-state index is -4.58. The molecule has 9 heteroatoms. The van der Waals surface area contributed by atoms with Crippen LogP contribution in [0.1, 0.15) is 12.5 Å². The van der Waals surface area contributed by atoms with Crippen molar-refractivity contribution in [3.8, 4) is 5.88 Å². The predicted molar refractivity (Wildman–Crippen MR) is 88.7 cm³/mol. The number of alkyl halides is 3. The van der Waals surface area contributed by atoms with Gasteiger partial charge in [-0.1, -0.05) is 12.2 Å². The second kappa shape index (κ2) is 11.2. The van der Waals surface area contributed by atoms with Gasteiger partial charge < -0.3 is 4.74 Å². The van der Waals surface area contributed by atoms with Gasteiger partial charge in [-0.3, -0.25) is 10.9 Å². The predicted octanol–water partition coefficient (Wildman–Crippen LogP) is 3.28. The number of rotatable bonds is 8. The van der Waals surface area contributed by atoms with Crippen LogP contribution in [0.5, 0.6) is 5.88 Å². The van der Waals surface area contributed by atoms with E-state index in [1.165, 1.54) is 11.2 Å². The molecule has 1 unspecified atom stereocenters. The standard InChI is InChI=1S/C14H18F4N4O.C2H4/c1-3-6-22(21-19)7-4-5-11-8-12(15)13(20-9-11)23-10(2)14(16,17)18;1-2/h3-4,7-10,21H,1,5-6,19H2,2H3;1-2H2/b7-4-;. The van der Waals surface area contributed by atoms with Gasteiger partial charge in [0, 0.05) is 12.4 Å². The molecule has 5 nitrogen and oxygen atoms in total. The lowest BCUT2D eigenvalue weighted by Gasteiger charge is -2.17. The molecule has 0 aliphatic carbocycles. The lowest BCUT2D eigenvalue weighted by Crippen LogP contribution is -2.38. The van der Waals surface area contributed by atoms with E-state index in [0.717, 1.165) is 13.0 Å². The topological polar surface area (TPSA) is 63.4 Å². The van der Waals surface area contributed by atoms with Crippen molar-refractivity contribution in [2.75, 3.05) is 6.54 Å². The molecule has 1 atom stereocenters. The maximum absolute atomic E-state index is 13.7. The first-order chi connectivity index (χ1) is 11.8. The third kappa shape index (κ3) is 8.32. The van der Waals surface area contributed by atoms with Gasteiger partial charge in [-0.05, 0) is 25.0 Å². The van der Waals surface area contributed by atoms with Crippen LogP contribution in [-0.4, -0.2) is 28.8 Å². The number of hydrogen-bond acceptors (Lipinski definition) is 5. The molecule has 0 saturated carbocycles. The summed E-state index contributed by atoms with van der Waals surface area (Å²) in [5, 5.41) is 1.53. The van der Waals surface area contributed by atoms with Crippen molar-refractivity contribution >= 4 is 0 Å². The molecule has 0 bridgehead atoms. The van der Waals surface area contributed by atoms with E-state index in [4.69, 9.17) is 5.84 Å². The Morgan fingerprint density at radius 2 is 2.08 bits per heavy atom. The SMILES string of the molecule is C=C.C=CCN(/C=C\Cc1cnc(OC(C)C(F)(F)F)c(F)c1)NN. The third-order valence-corrected chi connectivity index (χ3v) is 2.74. The van der Waals surface area contributed by atoms with Crippen LogP contribution in [0.25, 0.3) is 0 Å². The van der Waals surface area contributed by atoms with Crippen molar-refractivity contribution < 1.29 is 22.3 Å². The zero-order valence-electron chi connectivity index (χ0n) is 13.9. The normalized spacial score (nSPS) is 12.2. The number of ether oxygens (including phenoxy) is 1. The molecule has 0 aliphatic rings. The summed E-state index contributed by atoms with van der Waals surface area (Å²) in [7, 11) is 0. The molecular formula is C16H22F4N4O. The summed E-state index contributed by atoms with van der Waals surface area (Å²) in [6.45, 7) is 10.8. The number of hydrazine groups is 2. The molecule has 3 N–H and O–H groups in total. The second-order valence-corrected chi connectivity index (χ2v) is 4.59. The highest BCUT2D eigenvalue weighted by Crippen LogP contribution is 2.25. The van der Waals surface area contributed by atoms with Crippen LogP contribution >= 0.6 is 0 Å². The molecule has 0 saturated heterocycles. The first kappa shape index (κ1) is 22.6. The third-order valence-electron chi connectivity index (χ3n) is 2.74. The maximum atomic E-state index is 13.7. The summed E-state index contributed by atoms with van der Waals surface area (Å²) in [6, 6.07) is 1.07. The number of pyridine rings is 1. The number of halogens is 4. The number of allylic oxidation sites excluding steroid dienone is 1. The number of nitrogens with one attached hydrogen (secondary N) is 1. The summed E-state index contributed by atoms with van der Waals surface area (Å²) in [5.41, 5.74) is 2.88. The average Bonchev–Trinajstić information content (AvgIpc) is 2.57. The van der Waals surface area contributed by atoms with Gasteiger partial charge in [-0.2, -0.15) is 18.7 Å². The van der Waals surface area contributed by atoms with E-state index < -0.39 is 24.0 Å². The Bertz CT molecular complexity index is 564. The molecule has 0 radical (unpaired) electrons. The minimum absolute atomic E-state index is 0.314. The zero-order chi connectivity index (χ0) is 19.5. The summed E-state index contributed by atoms with van der Waals surface area (Å²) in [6.07, 6.45) is -0.237. The van der Waals surface area contributed by atoms with Crippen LogP contribution < -0.4 is 16.1 Å². The van der Waals surface area contributed by atoms with E-state index in [2.05, 4.69) is 35.0 Å². The van der Waals surface area contributed by atoms with Crippen molar-refractivity contribution in [2.24, 2.45) is 5.84 Å². The van der Waals surface area contributed by atoms with Gasteiger partial charge in [0.15, 0.2) is 11.9 Å². The molecule has 0 fully saturated rings. The van der Waals surface area contributed by atoms with Crippen LogP contribution in [0.4, 0.5) is 17.6 Å². The van der Waals surface area contributed by atoms with Gasteiger partial charge in [0.25, 0.3) is 5.88 Å². The molecule has 0 aromatic carbocycles. The van der Waals surface area contributed by atoms with E-state index in [1.54, 1.807) is 18.4 Å². The van der Waals surface area contributed by atoms with Crippen molar-refractivity contribution in [3.63, 3.8) is 0 Å². The highest BCUT2D eigenvalue weighted by molar-refractivity contribution is 5.22. The Kier molecular flexibility index (Phi) is 10.1. The van der Waals surface area contributed by atoms with Crippen LogP contribution in [0.3, 0.4) is 0 Å². The molecule has 1 rings (SSSR count). The summed E-state index contributed by atoms with van der Waals surface area (Å²) in [5.74, 6) is 3.63. The highest BCUT2D eigenvalue weighted by atomic mass is 19.4. The summed E-state index contributed by atoms with van der Waals surface area (Å²) < 4.78 is 55.3. The monoisotopic (exact) mass is 362 g/mol. The fourth-order valence-electron chi connectivity index (χ4n) is 1.51. The Morgan fingerprint density at radius 1 is 1.44 bits per heavy atom. The lowest BCUT2D eigenvalue weighted by molar-refractivity contribution is -0.190. The van der Waals surface area contributed by atoms with Crippen LogP contribution in [0.2, 0.25) is 0 Å². The number of nitrogens with two attached hydrogens (primary N) is 1. The van der Waals surface area contributed by atoms with E-state index in [1.807, 2.05) is 0 Å². The Balaban J connectivity index is 0.00000277. The largest absolute Gasteiger partial charge is 0.463 e.